The van der Waals surface area contributed by atoms with E-state index in [9.17, 15) is 18.0 Å². The summed E-state index contributed by atoms with van der Waals surface area (Å²) >= 11 is 0. The molecule has 2 fully saturated rings. The molecule has 138 valence electrons. The minimum absolute atomic E-state index is 0.00229. The third kappa shape index (κ3) is 3.29. The molecule has 1 aromatic carbocycles. The van der Waals surface area contributed by atoms with Gasteiger partial charge in [-0.05, 0) is 12.1 Å². The van der Waals surface area contributed by atoms with Crippen molar-refractivity contribution in [2.24, 2.45) is 0 Å². The summed E-state index contributed by atoms with van der Waals surface area (Å²) in [5, 5.41) is 9.14. The van der Waals surface area contributed by atoms with Gasteiger partial charge in [0.1, 0.15) is 12.6 Å². The highest BCUT2D eigenvalue weighted by Crippen LogP contribution is 2.21. The fraction of sp³-hybridized carbons (Fsp3) is 0.438. The summed E-state index contributed by atoms with van der Waals surface area (Å²) in [4.78, 5) is 28.2. The van der Waals surface area contributed by atoms with Crippen LogP contribution in [-0.2, 0) is 14.8 Å². The Morgan fingerprint density at radius 2 is 1.77 bits per heavy atom. The summed E-state index contributed by atoms with van der Waals surface area (Å²) in [5.74, 6) is -0.254. The van der Waals surface area contributed by atoms with Crippen LogP contribution in [0, 0.1) is 11.3 Å². The number of sulfonamides is 1. The first-order valence-corrected chi connectivity index (χ1v) is 9.55. The molecule has 10 heteroatoms. The molecular formula is C16H19N5O4S. The zero-order chi connectivity index (χ0) is 18.9. The van der Waals surface area contributed by atoms with E-state index < -0.39 is 10.0 Å². The van der Waals surface area contributed by atoms with Gasteiger partial charge in [0.2, 0.25) is 10.0 Å². The van der Waals surface area contributed by atoms with E-state index in [2.05, 4.69) is 0 Å². The molecule has 2 saturated heterocycles. The van der Waals surface area contributed by atoms with Gasteiger partial charge in [0.05, 0.1) is 17.1 Å². The zero-order valence-electron chi connectivity index (χ0n) is 14.3. The van der Waals surface area contributed by atoms with Gasteiger partial charge in [-0.1, -0.05) is 12.1 Å². The molecule has 9 nitrogen and oxygen atoms in total. The number of likely N-dealkylation sites (N-methyl/N-ethyl adjacent to an activating group) is 1. The second kappa shape index (κ2) is 7.03. The van der Waals surface area contributed by atoms with Crippen molar-refractivity contribution in [1.82, 2.24) is 19.0 Å². The molecule has 0 saturated carbocycles. The van der Waals surface area contributed by atoms with E-state index >= 15 is 0 Å². The number of hydrogen-bond donors (Lipinski definition) is 0. The Kier molecular flexibility index (Phi) is 4.95. The summed E-state index contributed by atoms with van der Waals surface area (Å²) in [6, 6.07) is 7.68. The van der Waals surface area contributed by atoms with Crippen molar-refractivity contribution in [2.75, 3.05) is 46.4 Å². The number of hydrogen-bond acceptors (Lipinski definition) is 6. The number of nitriles is 1. The maximum Gasteiger partial charge on any atom is 0.328 e. The lowest BCUT2D eigenvalue weighted by molar-refractivity contribution is -0.126. The molecule has 0 spiro atoms. The van der Waals surface area contributed by atoms with Crippen molar-refractivity contribution < 1.29 is 18.0 Å². The summed E-state index contributed by atoms with van der Waals surface area (Å²) < 4.78 is 26.9. The van der Waals surface area contributed by atoms with Crippen molar-refractivity contribution >= 4 is 22.0 Å². The van der Waals surface area contributed by atoms with Gasteiger partial charge in [-0.15, -0.1) is 0 Å². The number of nitrogens with zero attached hydrogens (tertiary/aromatic N) is 5. The van der Waals surface area contributed by atoms with Crippen molar-refractivity contribution in [1.29, 1.82) is 5.26 Å². The number of urea groups is 1. The quantitative estimate of drug-likeness (QED) is 0.668. The lowest BCUT2D eigenvalue weighted by Crippen LogP contribution is -2.52. The number of carbonyl (C=O) groups excluding carboxylic acids is 2. The van der Waals surface area contributed by atoms with Gasteiger partial charge in [-0.25, -0.2) is 18.1 Å². The average molecular weight is 377 g/mol. The molecule has 26 heavy (non-hydrogen) atoms. The van der Waals surface area contributed by atoms with Crippen LogP contribution in [0.2, 0.25) is 0 Å². The Balaban J connectivity index is 1.66. The minimum atomic E-state index is -3.76. The Bertz CT molecular complexity index is 871. The zero-order valence-corrected chi connectivity index (χ0v) is 15.1. The van der Waals surface area contributed by atoms with E-state index in [1.54, 1.807) is 19.2 Å². The molecule has 3 rings (SSSR count). The highest BCUT2D eigenvalue weighted by atomic mass is 32.2. The Morgan fingerprint density at radius 3 is 2.35 bits per heavy atom. The normalized spacial score (nSPS) is 19.8. The summed E-state index contributed by atoms with van der Waals surface area (Å²) in [5.41, 5.74) is 0.117. The summed E-state index contributed by atoms with van der Waals surface area (Å²) in [7, 11) is -2.19. The van der Waals surface area contributed by atoms with Crippen molar-refractivity contribution in [3.05, 3.63) is 29.8 Å². The SMILES string of the molecule is CN1CC(=O)N(CN2CCN(S(=O)(=O)c3ccccc3C#N)CC2)C1=O. The molecular weight excluding hydrogens is 358 g/mol. The van der Waals surface area contributed by atoms with Gasteiger partial charge < -0.3 is 4.90 Å². The minimum Gasteiger partial charge on any atom is -0.318 e. The smallest absolute Gasteiger partial charge is 0.318 e. The van der Waals surface area contributed by atoms with Crippen LogP contribution in [0.1, 0.15) is 5.56 Å². The Morgan fingerprint density at radius 1 is 1.12 bits per heavy atom. The first kappa shape index (κ1) is 18.3. The fourth-order valence-electron chi connectivity index (χ4n) is 3.04. The van der Waals surface area contributed by atoms with E-state index in [4.69, 9.17) is 5.26 Å². The topological polar surface area (TPSA) is 105 Å². The predicted molar refractivity (Wildman–Crippen MR) is 91.2 cm³/mol. The number of carbonyl (C=O) groups is 2. The van der Waals surface area contributed by atoms with Crippen LogP contribution >= 0.6 is 0 Å². The van der Waals surface area contributed by atoms with Gasteiger partial charge in [0.15, 0.2) is 0 Å². The monoisotopic (exact) mass is 377 g/mol. The molecule has 1 aromatic rings. The van der Waals surface area contributed by atoms with Crippen LogP contribution in [0.25, 0.3) is 0 Å². The Hall–Kier alpha value is -2.48. The first-order valence-electron chi connectivity index (χ1n) is 8.11. The van der Waals surface area contributed by atoms with Crippen LogP contribution in [0.4, 0.5) is 4.79 Å². The Labute approximate surface area is 152 Å². The number of amides is 3. The van der Waals surface area contributed by atoms with Crippen LogP contribution in [0.3, 0.4) is 0 Å². The molecule has 0 aliphatic carbocycles. The van der Waals surface area contributed by atoms with Crippen LogP contribution < -0.4 is 0 Å². The molecule has 2 heterocycles. The van der Waals surface area contributed by atoms with Gasteiger partial charge in [-0.2, -0.15) is 9.57 Å². The molecule has 3 amide bonds. The molecule has 0 radical (unpaired) electrons. The van der Waals surface area contributed by atoms with Crippen LogP contribution in [0.15, 0.2) is 29.2 Å². The second-order valence-corrected chi connectivity index (χ2v) is 8.14. The van der Waals surface area contributed by atoms with Crippen LogP contribution in [0.5, 0.6) is 0 Å². The predicted octanol–water partition coefficient (Wildman–Crippen LogP) is -0.284. The van der Waals surface area contributed by atoms with Gasteiger partial charge >= 0.3 is 6.03 Å². The first-order chi connectivity index (χ1) is 12.3. The number of benzene rings is 1. The van der Waals surface area contributed by atoms with E-state index in [0.717, 1.165) is 0 Å². The number of piperazine rings is 1. The summed E-state index contributed by atoms with van der Waals surface area (Å²) in [6.07, 6.45) is 0. The standard InChI is InChI=1S/C16H19N5O4S/c1-18-11-15(22)21(16(18)23)12-19-6-8-20(9-7-19)26(24,25)14-5-3-2-4-13(14)10-17/h2-5H,6-9,11-12H2,1H3. The van der Waals surface area contributed by atoms with E-state index in [-0.39, 0.29) is 48.7 Å². The number of imide groups is 1. The molecule has 2 aliphatic rings. The lowest BCUT2D eigenvalue weighted by atomic mass is 10.2. The largest absolute Gasteiger partial charge is 0.328 e. The van der Waals surface area contributed by atoms with Gasteiger partial charge in [-0.3, -0.25) is 9.69 Å². The molecule has 0 bridgehead atoms. The van der Waals surface area contributed by atoms with Gasteiger partial charge in [0, 0.05) is 33.2 Å². The van der Waals surface area contributed by atoms with E-state index in [0.29, 0.717) is 13.1 Å². The average Bonchev–Trinajstić information content (AvgIpc) is 2.88. The lowest BCUT2D eigenvalue weighted by Gasteiger charge is -2.35. The number of rotatable bonds is 4. The molecule has 0 unspecified atom stereocenters. The third-order valence-corrected chi connectivity index (χ3v) is 6.49. The van der Waals surface area contributed by atoms with Crippen molar-refractivity contribution in [3.8, 4) is 6.07 Å². The molecule has 0 atom stereocenters. The summed E-state index contributed by atoms with van der Waals surface area (Å²) in [6.45, 7) is 1.48. The fourth-order valence-corrected chi connectivity index (χ4v) is 4.61. The highest BCUT2D eigenvalue weighted by Gasteiger charge is 2.36. The maximum atomic E-state index is 12.8. The third-order valence-electron chi connectivity index (χ3n) is 4.53. The van der Waals surface area contributed by atoms with Gasteiger partial charge in [0.25, 0.3) is 5.91 Å². The molecule has 2 aliphatic heterocycles. The van der Waals surface area contributed by atoms with E-state index in [1.165, 1.54) is 26.2 Å². The maximum absolute atomic E-state index is 12.8. The van der Waals surface area contributed by atoms with Crippen LogP contribution in [-0.4, -0.2) is 85.8 Å². The highest BCUT2D eigenvalue weighted by molar-refractivity contribution is 7.89. The second-order valence-electron chi connectivity index (χ2n) is 6.23. The van der Waals surface area contributed by atoms with E-state index in [1.807, 2.05) is 11.0 Å². The molecule has 0 aromatic heterocycles. The van der Waals surface area contributed by atoms with Crippen molar-refractivity contribution in [2.45, 2.75) is 4.90 Å². The van der Waals surface area contributed by atoms with Crippen molar-refractivity contribution in [3.63, 3.8) is 0 Å². The molecule has 0 N–H and O–H groups in total.